The van der Waals surface area contributed by atoms with Crippen LogP contribution in [-0.4, -0.2) is 72.1 Å². The van der Waals surface area contributed by atoms with Crippen LogP contribution in [0.5, 0.6) is 23.0 Å². The molecule has 1 atom stereocenters. The number of nitrogens with one attached hydrogen (secondary N) is 1. The molecule has 0 aliphatic carbocycles. The van der Waals surface area contributed by atoms with Crippen LogP contribution in [0.25, 0.3) is 0 Å². The molecule has 2 aromatic carbocycles. The summed E-state index contributed by atoms with van der Waals surface area (Å²) < 4.78 is 27.0. The van der Waals surface area contributed by atoms with Gasteiger partial charge in [0.15, 0.2) is 29.0 Å². The highest BCUT2D eigenvalue weighted by Crippen LogP contribution is 2.33. The van der Waals surface area contributed by atoms with Gasteiger partial charge in [0.05, 0.1) is 54.2 Å². The smallest absolute Gasteiger partial charge is 0.193 e. The highest BCUT2D eigenvalue weighted by Gasteiger charge is 2.24. The van der Waals surface area contributed by atoms with Crippen LogP contribution in [0.3, 0.4) is 0 Å². The van der Waals surface area contributed by atoms with Crippen LogP contribution in [0.15, 0.2) is 41.4 Å². The summed E-state index contributed by atoms with van der Waals surface area (Å²) in [7, 11) is 6.45. The van der Waals surface area contributed by atoms with Crippen molar-refractivity contribution in [3.63, 3.8) is 0 Å². The van der Waals surface area contributed by atoms with Crippen LogP contribution in [0.2, 0.25) is 0 Å². The predicted octanol–water partition coefficient (Wildman–Crippen LogP) is 2.52. The molecule has 0 radical (unpaired) electrons. The molecule has 9 heteroatoms. The normalized spacial score (nSPS) is 15.7. The average molecular weight is 445 g/mol. The van der Waals surface area contributed by atoms with Crippen molar-refractivity contribution in [1.82, 2.24) is 4.90 Å². The summed E-state index contributed by atoms with van der Waals surface area (Å²) in [6.45, 7) is 3.48. The zero-order valence-electron chi connectivity index (χ0n) is 19.1. The van der Waals surface area contributed by atoms with E-state index in [2.05, 4.69) is 15.2 Å². The third-order valence-electron chi connectivity index (χ3n) is 5.37. The molecule has 174 valence electrons. The van der Waals surface area contributed by atoms with Gasteiger partial charge in [-0.25, -0.2) is 0 Å². The van der Waals surface area contributed by atoms with Gasteiger partial charge in [-0.3, -0.25) is 9.89 Å². The maximum Gasteiger partial charge on any atom is 0.193 e. The second-order valence-corrected chi connectivity index (χ2v) is 7.20. The molecular formula is C23H32N4O5. The number of methoxy groups -OCH3 is 4. The van der Waals surface area contributed by atoms with Crippen LogP contribution in [0, 0.1) is 0 Å². The highest BCUT2D eigenvalue weighted by atomic mass is 16.5. The summed E-state index contributed by atoms with van der Waals surface area (Å²) in [4.78, 5) is 6.97. The van der Waals surface area contributed by atoms with Crippen LogP contribution < -0.4 is 30.0 Å². The summed E-state index contributed by atoms with van der Waals surface area (Å²) in [6, 6.07) is 11.4. The van der Waals surface area contributed by atoms with Crippen molar-refractivity contribution in [3.8, 4) is 23.0 Å². The Balaban J connectivity index is 1.79. The van der Waals surface area contributed by atoms with E-state index in [0.717, 1.165) is 24.3 Å². The Morgan fingerprint density at radius 2 is 1.53 bits per heavy atom. The van der Waals surface area contributed by atoms with E-state index in [9.17, 15) is 0 Å². The number of aliphatic imine (C=N–C) groups is 1. The Kier molecular flexibility index (Phi) is 8.41. The molecule has 1 fully saturated rings. The number of benzene rings is 2. The highest BCUT2D eigenvalue weighted by molar-refractivity contribution is 5.92. The van der Waals surface area contributed by atoms with Crippen LogP contribution in [-0.2, 0) is 4.74 Å². The average Bonchev–Trinajstić information content (AvgIpc) is 2.84. The second-order valence-electron chi connectivity index (χ2n) is 7.20. The summed E-state index contributed by atoms with van der Waals surface area (Å²) in [5, 5.41) is 3.12. The van der Waals surface area contributed by atoms with Crippen molar-refractivity contribution in [3.05, 3.63) is 42.0 Å². The Morgan fingerprint density at radius 3 is 2.16 bits per heavy atom. The zero-order valence-corrected chi connectivity index (χ0v) is 19.1. The lowest BCUT2D eigenvalue weighted by Crippen LogP contribution is -2.40. The van der Waals surface area contributed by atoms with Crippen molar-refractivity contribution in [2.75, 3.05) is 66.6 Å². The standard InChI is InChI=1S/C23H32N4O5/c1-28-19-7-5-16(13-21(19)30-3)18(27-9-11-32-12-10-27)15-25-23(24)26-17-6-8-20(29-2)22(14-17)31-4/h5-8,13-14,18H,9-12,15H2,1-4H3,(H3,24,25,26). The molecule has 1 aliphatic rings. The van der Waals surface area contributed by atoms with Gasteiger partial charge in [-0.1, -0.05) is 6.07 Å². The van der Waals surface area contributed by atoms with Crippen molar-refractivity contribution >= 4 is 11.6 Å². The van der Waals surface area contributed by atoms with Gasteiger partial charge in [-0.05, 0) is 29.8 Å². The molecular weight excluding hydrogens is 412 g/mol. The summed E-state index contributed by atoms with van der Waals surface area (Å²) >= 11 is 0. The number of guanidine groups is 1. The van der Waals surface area contributed by atoms with Gasteiger partial charge in [0.2, 0.25) is 0 Å². The third-order valence-corrected chi connectivity index (χ3v) is 5.37. The fraction of sp³-hybridized carbons (Fsp3) is 0.435. The van der Waals surface area contributed by atoms with E-state index in [-0.39, 0.29) is 6.04 Å². The Labute approximate surface area is 189 Å². The van der Waals surface area contributed by atoms with E-state index in [1.165, 1.54) is 0 Å². The fourth-order valence-corrected chi connectivity index (χ4v) is 3.67. The van der Waals surface area contributed by atoms with Gasteiger partial charge in [0, 0.05) is 24.8 Å². The van der Waals surface area contributed by atoms with E-state index in [1.54, 1.807) is 28.4 Å². The van der Waals surface area contributed by atoms with Crippen LogP contribution in [0.4, 0.5) is 5.69 Å². The number of anilines is 1. The summed E-state index contributed by atoms with van der Waals surface area (Å²) in [6.07, 6.45) is 0. The van der Waals surface area contributed by atoms with Gasteiger partial charge in [-0.2, -0.15) is 0 Å². The molecule has 1 unspecified atom stereocenters. The fourth-order valence-electron chi connectivity index (χ4n) is 3.67. The van der Waals surface area contributed by atoms with E-state index in [4.69, 9.17) is 29.4 Å². The summed E-state index contributed by atoms with van der Waals surface area (Å²) in [5.41, 5.74) is 8.04. The number of ether oxygens (including phenoxy) is 5. The minimum Gasteiger partial charge on any atom is -0.493 e. The molecule has 1 aliphatic heterocycles. The van der Waals surface area contributed by atoms with E-state index in [1.807, 2.05) is 36.4 Å². The molecule has 0 saturated carbocycles. The maximum absolute atomic E-state index is 6.20. The third kappa shape index (κ3) is 5.74. The molecule has 32 heavy (non-hydrogen) atoms. The monoisotopic (exact) mass is 444 g/mol. The molecule has 0 spiro atoms. The zero-order chi connectivity index (χ0) is 22.9. The first-order chi connectivity index (χ1) is 15.6. The lowest BCUT2D eigenvalue weighted by atomic mass is 10.0. The largest absolute Gasteiger partial charge is 0.493 e. The molecule has 1 heterocycles. The Hall–Kier alpha value is -3.17. The van der Waals surface area contributed by atoms with Gasteiger partial charge in [-0.15, -0.1) is 0 Å². The Morgan fingerprint density at radius 1 is 0.938 bits per heavy atom. The molecule has 0 amide bonds. The molecule has 3 rings (SSSR count). The van der Waals surface area contributed by atoms with Gasteiger partial charge < -0.3 is 34.7 Å². The number of nitrogens with two attached hydrogens (primary N) is 1. The number of rotatable bonds is 9. The Bertz CT molecular complexity index is 915. The molecule has 0 bridgehead atoms. The maximum atomic E-state index is 6.20. The van der Waals surface area contributed by atoms with Crippen LogP contribution in [0.1, 0.15) is 11.6 Å². The molecule has 1 saturated heterocycles. The molecule has 2 aromatic rings. The number of hydrogen-bond acceptors (Lipinski definition) is 7. The quantitative estimate of drug-likeness (QED) is 0.450. The van der Waals surface area contributed by atoms with Gasteiger partial charge >= 0.3 is 0 Å². The van der Waals surface area contributed by atoms with Crippen molar-refractivity contribution in [2.45, 2.75) is 6.04 Å². The van der Waals surface area contributed by atoms with E-state index in [0.29, 0.717) is 48.7 Å². The van der Waals surface area contributed by atoms with Crippen molar-refractivity contribution in [2.24, 2.45) is 10.7 Å². The first-order valence-electron chi connectivity index (χ1n) is 10.4. The minimum atomic E-state index is 0.0180. The van der Waals surface area contributed by atoms with Crippen molar-refractivity contribution < 1.29 is 23.7 Å². The topological polar surface area (TPSA) is 99.8 Å². The van der Waals surface area contributed by atoms with Crippen LogP contribution >= 0.6 is 0 Å². The lowest BCUT2D eigenvalue weighted by molar-refractivity contribution is 0.0179. The number of nitrogens with zero attached hydrogens (tertiary/aromatic N) is 2. The molecule has 3 N–H and O–H groups in total. The second kappa shape index (κ2) is 11.4. The number of morpholine rings is 1. The van der Waals surface area contributed by atoms with Gasteiger partial charge in [0.25, 0.3) is 0 Å². The molecule has 9 nitrogen and oxygen atoms in total. The lowest BCUT2D eigenvalue weighted by Gasteiger charge is -2.34. The first-order valence-corrected chi connectivity index (χ1v) is 10.4. The first kappa shape index (κ1) is 23.5. The summed E-state index contributed by atoms with van der Waals surface area (Å²) in [5.74, 6) is 2.95. The SMILES string of the molecule is COc1ccc(NC(N)=NCC(c2ccc(OC)c(OC)c2)N2CCOCC2)cc1OC. The number of hydrogen-bond donors (Lipinski definition) is 2. The van der Waals surface area contributed by atoms with Crippen molar-refractivity contribution in [1.29, 1.82) is 0 Å². The van der Waals surface area contributed by atoms with Gasteiger partial charge in [0.1, 0.15) is 0 Å². The minimum absolute atomic E-state index is 0.0180. The molecule has 0 aromatic heterocycles. The van der Waals surface area contributed by atoms with E-state index < -0.39 is 0 Å². The van der Waals surface area contributed by atoms with E-state index >= 15 is 0 Å². The predicted molar refractivity (Wildman–Crippen MR) is 124 cm³/mol.